The first-order valence-corrected chi connectivity index (χ1v) is 9.68. The number of amides is 1. The zero-order valence-corrected chi connectivity index (χ0v) is 16.1. The third-order valence-corrected chi connectivity index (χ3v) is 5.50. The number of rotatable bonds is 6. The molecule has 2 atom stereocenters. The molecule has 1 N–H and O–H groups in total. The van der Waals surface area contributed by atoms with E-state index in [2.05, 4.69) is 6.92 Å². The molecule has 1 fully saturated rings. The number of carbonyl (C=O) groups is 1. The van der Waals surface area contributed by atoms with E-state index in [1.165, 1.54) is 0 Å². The van der Waals surface area contributed by atoms with E-state index in [9.17, 15) is 14.7 Å². The van der Waals surface area contributed by atoms with Crippen molar-refractivity contribution >= 4 is 5.91 Å². The molecular weight excluding hydrogens is 340 g/mol. The van der Waals surface area contributed by atoms with Crippen LogP contribution in [-0.2, 0) is 6.54 Å². The maximum atomic E-state index is 13.1. The maximum absolute atomic E-state index is 13.1. The van der Waals surface area contributed by atoms with Crippen LogP contribution < -0.4 is 5.56 Å². The van der Waals surface area contributed by atoms with Crippen molar-refractivity contribution in [1.82, 2.24) is 9.47 Å². The molecule has 144 valence electrons. The van der Waals surface area contributed by atoms with Gasteiger partial charge in [0.1, 0.15) is 5.56 Å². The van der Waals surface area contributed by atoms with Crippen LogP contribution in [0.1, 0.15) is 47.7 Å². The van der Waals surface area contributed by atoms with E-state index in [1.807, 2.05) is 31.2 Å². The van der Waals surface area contributed by atoms with Crippen LogP contribution in [0, 0.1) is 12.8 Å². The van der Waals surface area contributed by atoms with E-state index in [0.717, 1.165) is 30.4 Å². The Bertz CT molecular complexity index is 859. The summed E-state index contributed by atoms with van der Waals surface area (Å²) in [5.74, 6) is 0.116. The van der Waals surface area contributed by atoms with E-state index in [1.54, 1.807) is 27.8 Å². The summed E-state index contributed by atoms with van der Waals surface area (Å²) in [7, 11) is 0. The van der Waals surface area contributed by atoms with Crippen molar-refractivity contribution in [2.24, 2.45) is 5.92 Å². The zero-order chi connectivity index (χ0) is 19.4. The molecular formula is C22H28N2O3. The summed E-state index contributed by atoms with van der Waals surface area (Å²) in [6.45, 7) is 4.75. The molecule has 2 aromatic rings. The van der Waals surface area contributed by atoms with Gasteiger partial charge in [-0.1, -0.05) is 43.2 Å². The van der Waals surface area contributed by atoms with Crippen LogP contribution in [0.15, 0.2) is 47.4 Å². The Morgan fingerprint density at radius 3 is 2.74 bits per heavy atom. The van der Waals surface area contributed by atoms with Gasteiger partial charge in [0, 0.05) is 18.8 Å². The van der Waals surface area contributed by atoms with Gasteiger partial charge in [-0.25, -0.2) is 0 Å². The lowest BCUT2D eigenvalue weighted by molar-refractivity contribution is 0.0592. The van der Waals surface area contributed by atoms with Crippen molar-refractivity contribution < 1.29 is 9.90 Å². The fourth-order valence-electron chi connectivity index (χ4n) is 4.10. The van der Waals surface area contributed by atoms with Crippen molar-refractivity contribution in [1.29, 1.82) is 0 Å². The van der Waals surface area contributed by atoms with Gasteiger partial charge in [-0.3, -0.25) is 9.59 Å². The summed E-state index contributed by atoms with van der Waals surface area (Å²) in [6, 6.07) is 11.4. The highest BCUT2D eigenvalue weighted by molar-refractivity contribution is 5.94. The number of aromatic nitrogens is 1. The lowest BCUT2D eigenvalue weighted by Crippen LogP contribution is -2.45. The Morgan fingerprint density at radius 1 is 1.26 bits per heavy atom. The highest BCUT2D eigenvalue weighted by Gasteiger charge is 2.33. The van der Waals surface area contributed by atoms with Crippen molar-refractivity contribution in [3.05, 3.63) is 69.6 Å². The molecule has 0 unspecified atom stereocenters. The van der Waals surface area contributed by atoms with E-state index in [-0.39, 0.29) is 36.2 Å². The number of hydrogen-bond acceptors (Lipinski definition) is 3. The maximum Gasteiger partial charge on any atom is 0.263 e. The zero-order valence-electron chi connectivity index (χ0n) is 16.1. The Hall–Kier alpha value is -2.40. The third kappa shape index (κ3) is 4.30. The predicted octanol–water partition coefficient (Wildman–Crippen LogP) is 2.83. The second-order valence-corrected chi connectivity index (χ2v) is 7.54. The van der Waals surface area contributed by atoms with E-state index < -0.39 is 0 Å². The van der Waals surface area contributed by atoms with Gasteiger partial charge >= 0.3 is 0 Å². The van der Waals surface area contributed by atoms with Crippen LogP contribution in [0.3, 0.4) is 0 Å². The number of aliphatic hydroxyl groups is 1. The fourth-order valence-corrected chi connectivity index (χ4v) is 4.10. The molecule has 0 aliphatic heterocycles. The number of carbonyl (C=O) groups excluding carboxylic acids is 1. The summed E-state index contributed by atoms with van der Waals surface area (Å²) in [5.41, 5.74) is 2.06. The SMILES string of the molecule is Cc1cccc(Cn2cccc(C(=O)N(CCO)[C@H]3CCC[C@@H]3C)c2=O)c1. The average Bonchev–Trinajstić information content (AvgIpc) is 3.07. The minimum atomic E-state index is -0.280. The lowest BCUT2D eigenvalue weighted by atomic mass is 10.0. The topological polar surface area (TPSA) is 62.5 Å². The molecule has 1 aliphatic carbocycles. The molecule has 5 heteroatoms. The van der Waals surface area contributed by atoms with Gasteiger partial charge in [-0.2, -0.15) is 0 Å². The van der Waals surface area contributed by atoms with Gasteiger partial charge in [0.2, 0.25) is 0 Å². The first-order chi connectivity index (χ1) is 13.0. The molecule has 27 heavy (non-hydrogen) atoms. The van der Waals surface area contributed by atoms with Gasteiger partial charge in [0.05, 0.1) is 13.2 Å². The first kappa shape index (κ1) is 19.4. The van der Waals surface area contributed by atoms with Gasteiger partial charge in [-0.15, -0.1) is 0 Å². The molecule has 0 saturated heterocycles. The molecule has 0 spiro atoms. The highest BCUT2D eigenvalue weighted by atomic mass is 16.3. The largest absolute Gasteiger partial charge is 0.395 e. The Morgan fingerprint density at radius 2 is 2.07 bits per heavy atom. The standard InChI is InChI=1S/C22H28N2O3/c1-16-6-3-8-18(14-16)15-23-11-5-9-19(21(23)26)22(27)24(12-13-25)20-10-4-7-17(20)2/h3,5-6,8-9,11,14,17,20,25H,4,7,10,12-13,15H2,1-2H3/t17-,20-/m0/s1. The number of hydrogen-bond donors (Lipinski definition) is 1. The van der Waals surface area contributed by atoms with Gasteiger partial charge in [0.15, 0.2) is 0 Å². The van der Waals surface area contributed by atoms with E-state index in [4.69, 9.17) is 0 Å². The minimum absolute atomic E-state index is 0.0921. The quantitative estimate of drug-likeness (QED) is 0.853. The molecule has 0 bridgehead atoms. The molecule has 3 rings (SSSR count). The normalized spacial score (nSPS) is 19.2. The molecule has 5 nitrogen and oxygen atoms in total. The summed E-state index contributed by atoms with van der Waals surface area (Å²) in [4.78, 5) is 27.8. The molecule has 1 saturated carbocycles. The van der Waals surface area contributed by atoms with Crippen LogP contribution in [0.2, 0.25) is 0 Å². The Kier molecular flexibility index (Phi) is 6.11. The Balaban J connectivity index is 1.89. The highest BCUT2D eigenvalue weighted by Crippen LogP contribution is 2.30. The third-order valence-electron chi connectivity index (χ3n) is 5.50. The summed E-state index contributed by atoms with van der Waals surface area (Å²) >= 11 is 0. The number of pyridine rings is 1. The molecule has 1 aromatic carbocycles. The second kappa shape index (κ2) is 8.53. The monoisotopic (exact) mass is 368 g/mol. The van der Waals surface area contributed by atoms with Crippen LogP contribution in [0.25, 0.3) is 0 Å². The van der Waals surface area contributed by atoms with Crippen LogP contribution in [-0.4, -0.2) is 39.7 Å². The molecule has 1 aromatic heterocycles. The molecule has 1 aliphatic rings. The van der Waals surface area contributed by atoms with Crippen molar-refractivity contribution in [3.8, 4) is 0 Å². The minimum Gasteiger partial charge on any atom is -0.395 e. The predicted molar refractivity (Wildman–Crippen MR) is 106 cm³/mol. The molecule has 1 heterocycles. The summed E-state index contributed by atoms with van der Waals surface area (Å²) in [6.07, 6.45) is 4.80. The smallest absolute Gasteiger partial charge is 0.263 e. The van der Waals surface area contributed by atoms with Crippen LogP contribution >= 0.6 is 0 Å². The van der Waals surface area contributed by atoms with E-state index in [0.29, 0.717) is 12.5 Å². The second-order valence-electron chi connectivity index (χ2n) is 7.54. The Labute approximate surface area is 160 Å². The molecule has 1 amide bonds. The summed E-state index contributed by atoms with van der Waals surface area (Å²) < 4.78 is 1.58. The van der Waals surface area contributed by atoms with Crippen molar-refractivity contribution in [2.75, 3.05) is 13.2 Å². The van der Waals surface area contributed by atoms with Gasteiger partial charge < -0.3 is 14.6 Å². The van der Waals surface area contributed by atoms with Gasteiger partial charge in [0.25, 0.3) is 11.5 Å². The number of aryl methyl sites for hydroxylation is 1. The number of aliphatic hydroxyl groups excluding tert-OH is 1. The summed E-state index contributed by atoms with van der Waals surface area (Å²) in [5, 5.41) is 9.45. The molecule has 0 radical (unpaired) electrons. The first-order valence-electron chi connectivity index (χ1n) is 9.68. The van der Waals surface area contributed by atoms with Gasteiger partial charge in [-0.05, 0) is 43.4 Å². The van der Waals surface area contributed by atoms with Crippen molar-refractivity contribution in [2.45, 2.75) is 45.7 Å². The van der Waals surface area contributed by atoms with Crippen LogP contribution in [0.4, 0.5) is 0 Å². The average molecular weight is 368 g/mol. The number of nitrogens with zero attached hydrogens (tertiary/aromatic N) is 2. The number of benzene rings is 1. The lowest BCUT2D eigenvalue weighted by Gasteiger charge is -2.31. The van der Waals surface area contributed by atoms with Crippen LogP contribution in [0.5, 0.6) is 0 Å². The van der Waals surface area contributed by atoms with E-state index >= 15 is 0 Å². The fraction of sp³-hybridized carbons (Fsp3) is 0.455. The van der Waals surface area contributed by atoms with Crippen molar-refractivity contribution in [3.63, 3.8) is 0 Å².